The Bertz CT molecular complexity index is 987. The van der Waals surface area contributed by atoms with Gasteiger partial charge in [0.2, 0.25) is 0 Å². The number of rotatable bonds is 2. The maximum atomic E-state index is 14.2. The van der Waals surface area contributed by atoms with Gasteiger partial charge in [0.05, 0.1) is 18.1 Å². The zero-order valence-corrected chi connectivity index (χ0v) is 22.6. The van der Waals surface area contributed by atoms with Crippen LogP contribution in [0.3, 0.4) is 0 Å². The Morgan fingerprint density at radius 1 is 0.971 bits per heavy atom. The molecule has 0 amide bonds. The molecule has 4 saturated carbocycles. The molecule has 5 heteroatoms. The number of aliphatic hydroxyl groups is 2. The molecule has 0 aromatic carbocycles. The van der Waals surface area contributed by atoms with Crippen LogP contribution in [0.2, 0.25) is 0 Å². The number of hydrogen-bond acceptors (Lipinski definition) is 4. The topological polar surface area (TPSA) is 94.8 Å². The van der Waals surface area contributed by atoms with E-state index in [0.717, 1.165) is 38.5 Å². The summed E-state index contributed by atoms with van der Waals surface area (Å²) in [5.74, 6) is -0.423. The SMILES string of the molecule is C[C@@]1(C(=O)O)CC[C@]2(C)CC[C@]3(C)C(=CC(=O)[C@H]4[C@@]5(C)CC[C@H](O)[C@@](C)(CO)[C@@H]5CC[C@@]43C)[C@@H]2C1. The number of ketones is 1. The average Bonchev–Trinajstić information content (AvgIpc) is 2.79. The first-order valence-corrected chi connectivity index (χ1v) is 13.9. The Hall–Kier alpha value is -1.20. The van der Waals surface area contributed by atoms with Gasteiger partial charge in [0, 0.05) is 11.3 Å². The summed E-state index contributed by atoms with van der Waals surface area (Å²) >= 11 is 0. The van der Waals surface area contributed by atoms with Gasteiger partial charge in [-0.1, -0.05) is 40.2 Å². The quantitative estimate of drug-likeness (QED) is 0.487. The first-order chi connectivity index (χ1) is 16.1. The maximum absolute atomic E-state index is 14.2. The molecule has 4 fully saturated rings. The van der Waals surface area contributed by atoms with E-state index in [-0.39, 0.29) is 51.8 Å². The highest BCUT2D eigenvalue weighted by Gasteiger charge is 2.70. The third-order valence-corrected chi connectivity index (χ3v) is 13.2. The largest absolute Gasteiger partial charge is 0.481 e. The summed E-state index contributed by atoms with van der Waals surface area (Å²) < 4.78 is 0. The monoisotopic (exact) mass is 486 g/mol. The number of fused-ring (bicyclic) bond motifs is 7. The third-order valence-electron chi connectivity index (χ3n) is 13.2. The first kappa shape index (κ1) is 25.4. The highest BCUT2D eigenvalue weighted by atomic mass is 16.4. The molecule has 0 aromatic rings. The van der Waals surface area contributed by atoms with Crippen molar-refractivity contribution in [3.8, 4) is 0 Å². The van der Waals surface area contributed by atoms with E-state index in [9.17, 15) is 24.9 Å². The summed E-state index contributed by atoms with van der Waals surface area (Å²) in [7, 11) is 0. The molecule has 0 radical (unpaired) electrons. The van der Waals surface area contributed by atoms with Crippen molar-refractivity contribution >= 4 is 11.8 Å². The van der Waals surface area contributed by atoms with Crippen LogP contribution in [0.5, 0.6) is 0 Å². The van der Waals surface area contributed by atoms with E-state index in [4.69, 9.17) is 0 Å². The van der Waals surface area contributed by atoms with Crippen molar-refractivity contribution in [1.82, 2.24) is 0 Å². The van der Waals surface area contributed by atoms with Crippen LogP contribution in [0.4, 0.5) is 0 Å². The molecule has 0 heterocycles. The van der Waals surface area contributed by atoms with Crippen LogP contribution < -0.4 is 0 Å². The molecule has 0 aliphatic heterocycles. The van der Waals surface area contributed by atoms with E-state index in [1.807, 2.05) is 19.9 Å². The van der Waals surface area contributed by atoms with Gasteiger partial charge in [-0.25, -0.2) is 0 Å². The number of hydrogen-bond donors (Lipinski definition) is 3. The first-order valence-electron chi connectivity index (χ1n) is 13.9. The minimum Gasteiger partial charge on any atom is -0.481 e. The molecule has 0 saturated heterocycles. The van der Waals surface area contributed by atoms with E-state index in [1.54, 1.807) is 0 Å². The van der Waals surface area contributed by atoms with Gasteiger partial charge in [0.1, 0.15) is 0 Å². The van der Waals surface area contributed by atoms with Crippen molar-refractivity contribution in [3.05, 3.63) is 11.6 Å². The molecule has 5 aliphatic rings. The zero-order chi connectivity index (χ0) is 25.8. The normalized spacial score (nSPS) is 55.7. The molecular weight excluding hydrogens is 440 g/mol. The second kappa shape index (κ2) is 7.43. The Balaban J connectivity index is 1.62. The van der Waals surface area contributed by atoms with Gasteiger partial charge < -0.3 is 15.3 Å². The van der Waals surface area contributed by atoms with Crippen molar-refractivity contribution in [3.63, 3.8) is 0 Å². The molecule has 10 atom stereocenters. The average molecular weight is 487 g/mol. The van der Waals surface area contributed by atoms with Gasteiger partial charge >= 0.3 is 5.97 Å². The predicted octanol–water partition coefficient (Wildman–Crippen LogP) is 5.39. The lowest BCUT2D eigenvalue weighted by atomic mass is 9.33. The van der Waals surface area contributed by atoms with Crippen LogP contribution >= 0.6 is 0 Å². The summed E-state index contributed by atoms with van der Waals surface area (Å²) in [6, 6.07) is 0. The number of allylic oxidation sites excluding steroid dienone is 2. The van der Waals surface area contributed by atoms with Gasteiger partial charge in [0.15, 0.2) is 5.78 Å². The Morgan fingerprint density at radius 3 is 2.26 bits per heavy atom. The number of carboxylic acids is 1. The van der Waals surface area contributed by atoms with E-state index < -0.39 is 22.9 Å². The van der Waals surface area contributed by atoms with Crippen molar-refractivity contribution in [2.45, 2.75) is 105 Å². The molecule has 0 spiro atoms. The van der Waals surface area contributed by atoms with Crippen LogP contribution in [0, 0.1) is 50.2 Å². The molecule has 0 aromatic heterocycles. The van der Waals surface area contributed by atoms with E-state index in [1.165, 1.54) is 5.57 Å². The van der Waals surface area contributed by atoms with E-state index >= 15 is 0 Å². The lowest BCUT2D eigenvalue weighted by Gasteiger charge is -2.70. The molecule has 5 nitrogen and oxygen atoms in total. The van der Waals surface area contributed by atoms with Gasteiger partial charge in [0.25, 0.3) is 0 Å². The maximum Gasteiger partial charge on any atom is 0.309 e. The molecule has 0 unspecified atom stereocenters. The van der Waals surface area contributed by atoms with Crippen molar-refractivity contribution < 1.29 is 24.9 Å². The fraction of sp³-hybridized carbons (Fsp3) is 0.867. The van der Waals surface area contributed by atoms with Gasteiger partial charge in [-0.05, 0) is 104 Å². The Kier molecular flexibility index (Phi) is 5.40. The molecule has 0 bridgehead atoms. The summed E-state index contributed by atoms with van der Waals surface area (Å²) in [5.41, 5.74) is -0.676. The molecule has 5 rings (SSSR count). The minimum absolute atomic E-state index is 0.0509. The lowest BCUT2D eigenvalue weighted by molar-refractivity contribution is -0.212. The van der Waals surface area contributed by atoms with Gasteiger partial charge in [-0.15, -0.1) is 0 Å². The molecule has 3 N–H and O–H groups in total. The second-order valence-corrected chi connectivity index (χ2v) is 14.8. The summed E-state index contributed by atoms with van der Waals surface area (Å²) in [6.45, 7) is 13.1. The van der Waals surface area contributed by atoms with E-state index in [0.29, 0.717) is 19.3 Å². The number of aliphatic hydroxyl groups excluding tert-OH is 2. The number of carbonyl (C=O) groups is 2. The van der Waals surface area contributed by atoms with Crippen LogP contribution in [0.15, 0.2) is 11.6 Å². The third kappa shape index (κ3) is 3.00. The fourth-order valence-electron chi connectivity index (χ4n) is 10.4. The standard InChI is InChI=1S/C30H46O5/c1-25-11-12-26(2,24(34)35)16-19(25)18-15-20(32)23-27(3)9-8-22(33)28(4,17-31)21(27)7-10-30(23,6)29(18,5)14-13-25/h15,19,21-23,31,33H,7-14,16-17H2,1-6H3,(H,34,35)/t19-,21+,22-,23-,25+,26+,27-,28-,29+,30-/m0/s1. The second-order valence-electron chi connectivity index (χ2n) is 14.8. The van der Waals surface area contributed by atoms with Crippen molar-refractivity contribution in [1.29, 1.82) is 0 Å². The summed E-state index contributed by atoms with van der Waals surface area (Å²) in [4.78, 5) is 26.5. The number of aliphatic carboxylic acids is 1. The number of carboxylic acid groups (broad SMARTS) is 1. The Labute approximate surface area is 210 Å². The van der Waals surface area contributed by atoms with E-state index in [2.05, 4.69) is 27.7 Å². The smallest absolute Gasteiger partial charge is 0.309 e. The summed E-state index contributed by atoms with van der Waals surface area (Å²) in [6.07, 6.45) is 8.99. The fourth-order valence-corrected chi connectivity index (χ4v) is 10.4. The molecule has 5 aliphatic carbocycles. The van der Waals surface area contributed by atoms with Gasteiger partial charge in [-0.3, -0.25) is 9.59 Å². The van der Waals surface area contributed by atoms with Crippen LogP contribution in [0.25, 0.3) is 0 Å². The molecule has 196 valence electrons. The summed E-state index contributed by atoms with van der Waals surface area (Å²) in [5, 5.41) is 31.3. The lowest BCUT2D eigenvalue weighted by Crippen LogP contribution is -2.67. The van der Waals surface area contributed by atoms with Crippen LogP contribution in [-0.4, -0.2) is 39.8 Å². The minimum atomic E-state index is -0.740. The Morgan fingerprint density at radius 2 is 1.63 bits per heavy atom. The number of carbonyl (C=O) groups excluding carboxylic acids is 1. The molecule has 35 heavy (non-hydrogen) atoms. The highest BCUT2D eigenvalue weighted by molar-refractivity contribution is 5.95. The zero-order valence-electron chi connectivity index (χ0n) is 22.6. The predicted molar refractivity (Wildman–Crippen MR) is 134 cm³/mol. The van der Waals surface area contributed by atoms with Crippen molar-refractivity contribution in [2.24, 2.45) is 50.2 Å². The van der Waals surface area contributed by atoms with Crippen LogP contribution in [-0.2, 0) is 9.59 Å². The highest BCUT2D eigenvalue weighted by Crippen LogP contribution is 2.75. The van der Waals surface area contributed by atoms with Crippen LogP contribution in [0.1, 0.15) is 99.3 Å². The van der Waals surface area contributed by atoms with Crippen molar-refractivity contribution in [2.75, 3.05) is 6.61 Å². The molecular formula is C30H46O5. The van der Waals surface area contributed by atoms with Gasteiger partial charge in [-0.2, -0.15) is 0 Å².